The molecule has 5 nitrogen and oxygen atoms in total. The Morgan fingerprint density at radius 3 is 2.05 bits per heavy atom. The van der Waals surface area contributed by atoms with Crippen molar-refractivity contribution in [3.8, 4) is 5.75 Å². The van der Waals surface area contributed by atoms with Crippen LogP contribution in [0.25, 0.3) is 0 Å². The molecule has 194 valence electrons. The Bertz CT molecular complexity index is 1130. The first-order valence-electron chi connectivity index (χ1n) is 13.4. The van der Waals surface area contributed by atoms with Crippen LogP contribution in [0, 0.1) is 11.8 Å². The molecular weight excluding hydrogens is 462 g/mol. The number of carbonyl (C=O) groups excluding carboxylic acids is 1. The number of esters is 1. The minimum Gasteiger partial charge on any atom is -0.493 e. The third-order valence-corrected chi connectivity index (χ3v) is 8.44. The van der Waals surface area contributed by atoms with Crippen molar-refractivity contribution in [2.75, 3.05) is 27.2 Å². The standard InChI is InChI=1S/C32H38NO4/c1-33(2,21-12-22-36-27-17-10-5-11-18-27)30-24-19-20-28(30)29(23-24)37-31(34)32(35,25-13-6-3-7-14-25)26-15-8-4-9-16-26/h3-11,13-18,24,28-30,35H,12,19-23H2,1-2H3/q+1. The van der Waals surface area contributed by atoms with E-state index in [1.54, 1.807) is 24.3 Å². The van der Waals surface area contributed by atoms with Crippen molar-refractivity contribution in [1.82, 2.24) is 0 Å². The zero-order valence-corrected chi connectivity index (χ0v) is 21.8. The van der Waals surface area contributed by atoms with Gasteiger partial charge in [0, 0.05) is 18.3 Å². The molecule has 2 bridgehead atoms. The van der Waals surface area contributed by atoms with Crippen LogP contribution in [0.3, 0.4) is 0 Å². The normalized spacial score (nSPS) is 23.1. The smallest absolute Gasteiger partial charge is 0.347 e. The summed E-state index contributed by atoms with van der Waals surface area (Å²) in [6.45, 7) is 1.69. The summed E-state index contributed by atoms with van der Waals surface area (Å²) in [6, 6.07) is 28.7. The van der Waals surface area contributed by atoms with Crippen molar-refractivity contribution in [1.29, 1.82) is 0 Å². The van der Waals surface area contributed by atoms with Crippen LogP contribution in [0.1, 0.15) is 36.8 Å². The zero-order chi connectivity index (χ0) is 25.9. The number of benzene rings is 3. The van der Waals surface area contributed by atoms with Gasteiger partial charge < -0.3 is 19.1 Å². The minimum absolute atomic E-state index is 0.173. The summed E-state index contributed by atoms with van der Waals surface area (Å²) in [7, 11) is 4.60. The zero-order valence-electron chi connectivity index (χ0n) is 21.8. The molecule has 0 aromatic heterocycles. The van der Waals surface area contributed by atoms with Crippen molar-refractivity contribution in [2.45, 2.75) is 43.4 Å². The third-order valence-electron chi connectivity index (χ3n) is 8.44. The van der Waals surface area contributed by atoms with Gasteiger partial charge in [0.15, 0.2) is 0 Å². The highest BCUT2D eigenvalue weighted by molar-refractivity contribution is 5.85. The van der Waals surface area contributed by atoms with Gasteiger partial charge in [-0.15, -0.1) is 0 Å². The Balaban J connectivity index is 1.26. The molecule has 0 aliphatic heterocycles. The van der Waals surface area contributed by atoms with E-state index in [0.29, 0.717) is 35.6 Å². The van der Waals surface area contributed by atoms with Gasteiger partial charge in [-0.2, -0.15) is 0 Å². The quantitative estimate of drug-likeness (QED) is 0.237. The molecule has 1 N–H and O–H groups in total. The number of hydrogen-bond acceptors (Lipinski definition) is 4. The topological polar surface area (TPSA) is 55.8 Å². The van der Waals surface area contributed by atoms with Gasteiger partial charge in [0.1, 0.15) is 11.9 Å². The lowest BCUT2D eigenvalue weighted by atomic mass is 9.86. The maximum atomic E-state index is 13.7. The average Bonchev–Trinajstić information content (AvgIpc) is 3.51. The molecule has 2 aliphatic carbocycles. The van der Waals surface area contributed by atoms with Crippen LogP contribution in [0.15, 0.2) is 91.0 Å². The molecule has 2 fully saturated rings. The predicted molar refractivity (Wildman–Crippen MR) is 144 cm³/mol. The van der Waals surface area contributed by atoms with Crippen LogP contribution in [0.5, 0.6) is 5.75 Å². The lowest BCUT2D eigenvalue weighted by Gasteiger charge is -2.39. The lowest BCUT2D eigenvalue weighted by Crippen LogP contribution is -2.53. The second-order valence-corrected chi connectivity index (χ2v) is 11.1. The number of rotatable bonds is 10. The number of quaternary nitrogens is 1. The highest BCUT2D eigenvalue weighted by Crippen LogP contribution is 2.50. The van der Waals surface area contributed by atoms with Crippen LogP contribution in [-0.2, 0) is 15.1 Å². The molecule has 3 aromatic carbocycles. The van der Waals surface area contributed by atoms with Gasteiger partial charge in [-0.1, -0.05) is 78.9 Å². The summed E-state index contributed by atoms with van der Waals surface area (Å²) in [5.41, 5.74) is -0.778. The van der Waals surface area contributed by atoms with E-state index >= 15 is 0 Å². The average molecular weight is 501 g/mol. The Morgan fingerprint density at radius 2 is 1.46 bits per heavy atom. The largest absolute Gasteiger partial charge is 0.493 e. The molecule has 0 spiro atoms. The van der Waals surface area contributed by atoms with Gasteiger partial charge >= 0.3 is 5.97 Å². The Morgan fingerprint density at radius 1 is 0.892 bits per heavy atom. The van der Waals surface area contributed by atoms with Gasteiger partial charge in [0.05, 0.1) is 33.3 Å². The summed E-state index contributed by atoms with van der Waals surface area (Å²) >= 11 is 0. The Hall–Kier alpha value is -3.15. The maximum absolute atomic E-state index is 13.7. The van der Waals surface area contributed by atoms with Crippen molar-refractivity contribution >= 4 is 5.97 Å². The van der Waals surface area contributed by atoms with Gasteiger partial charge in [-0.25, -0.2) is 4.79 Å². The molecule has 0 saturated heterocycles. The fourth-order valence-electron chi connectivity index (χ4n) is 6.77. The monoisotopic (exact) mass is 500 g/mol. The second-order valence-electron chi connectivity index (χ2n) is 11.1. The van der Waals surface area contributed by atoms with E-state index in [4.69, 9.17) is 9.47 Å². The minimum atomic E-state index is -1.83. The number of fused-ring (bicyclic) bond motifs is 2. The highest BCUT2D eigenvalue weighted by atomic mass is 16.6. The lowest BCUT2D eigenvalue weighted by molar-refractivity contribution is -0.919. The second kappa shape index (κ2) is 10.7. The molecule has 0 radical (unpaired) electrons. The van der Waals surface area contributed by atoms with Gasteiger partial charge in [-0.3, -0.25) is 0 Å². The van der Waals surface area contributed by atoms with Crippen LogP contribution in [-0.4, -0.2) is 55.0 Å². The van der Waals surface area contributed by atoms with Crippen molar-refractivity contribution in [3.63, 3.8) is 0 Å². The van der Waals surface area contributed by atoms with E-state index < -0.39 is 11.6 Å². The fourth-order valence-corrected chi connectivity index (χ4v) is 6.77. The first-order valence-corrected chi connectivity index (χ1v) is 13.4. The van der Waals surface area contributed by atoms with Crippen molar-refractivity contribution in [2.24, 2.45) is 11.8 Å². The predicted octanol–water partition coefficient (Wildman–Crippen LogP) is 5.18. The molecule has 2 aliphatic rings. The highest BCUT2D eigenvalue weighted by Gasteiger charge is 2.57. The molecule has 5 rings (SSSR count). The summed E-state index contributed by atoms with van der Waals surface area (Å²) in [5.74, 6) is 1.15. The molecule has 3 aromatic rings. The van der Waals surface area contributed by atoms with Gasteiger partial charge in [0.2, 0.25) is 5.60 Å². The van der Waals surface area contributed by atoms with Crippen LogP contribution >= 0.6 is 0 Å². The molecule has 37 heavy (non-hydrogen) atoms. The summed E-state index contributed by atoms with van der Waals surface area (Å²) in [4.78, 5) is 13.7. The molecule has 4 unspecified atom stereocenters. The maximum Gasteiger partial charge on any atom is 0.347 e. The SMILES string of the molecule is C[N+](C)(CCCOc1ccccc1)C1C2CCC1C(OC(=O)C(O)(c1ccccc1)c1ccccc1)C2. The molecular formula is C32H38NO4+. The van der Waals surface area contributed by atoms with Crippen LogP contribution < -0.4 is 4.74 Å². The number of carbonyl (C=O) groups is 1. The summed E-state index contributed by atoms with van der Waals surface area (Å²) < 4.78 is 13.0. The summed E-state index contributed by atoms with van der Waals surface area (Å²) in [6.07, 6.45) is 3.89. The number of nitrogens with zero attached hydrogens (tertiary/aromatic N) is 1. The summed E-state index contributed by atoms with van der Waals surface area (Å²) in [5, 5.41) is 11.8. The van der Waals surface area contributed by atoms with Crippen molar-refractivity contribution in [3.05, 3.63) is 102 Å². The molecule has 5 heteroatoms. The van der Waals surface area contributed by atoms with Crippen LogP contribution in [0.2, 0.25) is 0 Å². The Labute approximate surface area is 220 Å². The number of para-hydroxylation sites is 1. The van der Waals surface area contributed by atoms with E-state index in [9.17, 15) is 9.90 Å². The van der Waals surface area contributed by atoms with E-state index in [1.165, 1.54) is 6.42 Å². The first-order chi connectivity index (χ1) is 17.9. The van der Waals surface area contributed by atoms with E-state index in [0.717, 1.165) is 36.0 Å². The van der Waals surface area contributed by atoms with Crippen LogP contribution in [0.4, 0.5) is 0 Å². The first kappa shape index (κ1) is 25.5. The molecule has 0 heterocycles. The van der Waals surface area contributed by atoms with E-state index in [2.05, 4.69) is 14.1 Å². The molecule has 4 atom stereocenters. The van der Waals surface area contributed by atoms with Gasteiger partial charge in [-0.05, 0) is 42.5 Å². The number of hydrogen-bond donors (Lipinski definition) is 1. The number of aliphatic hydroxyl groups is 1. The molecule has 0 amide bonds. The fraction of sp³-hybridized carbons (Fsp3) is 0.406. The van der Waals surface area contributed by atoms with Gasteiger partial charge in [0.25, 0.3) is 0 Å². The van der Waals surface area contributed by atoms with E-state index in [-0.39, 0.29) is 6.10 Å². The third kappa shape index (κ3) is 5.16. The van der Waals surface area contributed by atoms with E-state index in [1.807, 2.05) is 66.7 Å². The molecule has 2 saturated carbocycles. The Kier molecular flexibility index (Phi) is 7.36. The van der Waals surface area contributed by atoms with Crippen molar-refractivity contribution < 1.29 is 23.9 Å². The number of ether oxygens (including phenoxy) is 2.